The highest BCUT2D eigenvalue weighted by molar-refractivity contribution is 6.16. The minimum atomic E-state index is 0.360. The smallest absolute Gasteiger partial charge is 0.299 e. The van der Waals surface area contributed by atoms with Gasteiger partial charge in [-0.1, -0.05) is 0 Å². The first-order chi connectivity index (χ1) is 9.85. The second-order valence-corrected chi connectivity index (χ2v) is 5.26. The van der Waals surface area contributed by atoms with E-state index < -0.39 is 0 Å². The van der Waals surface area contributed by atoms with Crippen LogP contribution < -0.4 is 10.2 Å². The Morgan fingerprint density at radius 2 is 1.90 bits per heavy atom. The largest absolute Gasteiger partial charge is 0.432 e. The van der Waals surface area contributed by atoms with Gasteiger partial charge in [0.05, 0.1) is 11.6 Å². The van der Waals surface area contributed by atoms with Gasteiger partial charge in [-0.3, -0.25) is 0 Å². The zero-order chi connectivity index (χ0) is 13.8. The first-order valence-corrected chi connectivity index (χ1v) is 7.51. The maximum absolute atomic E-state index is 5.69. The molecule has 0 aliphatic carbocycles. The molecule has 0 radical (unpaired) electrons. The standard InChI is InChI=1S/C15H18ClN3O/c16-10-13-11-20-15(18-13)17-12-4-6-14(7-5-12)19-8-2-1-3-9-19/h4-7,11H,1-3,8-10H2,(H,17,18). The average Bonchev–Trinajstić information content (AvgIpc) is 2.97. The number of nitrogens with zero attached hydrogens (tertiary/aromatic N) is 2. The molecule has 1 aliphatic heterocycles. The number of alkyl halides is 1. The summed E-state index contributed by atoms with van der Waals surface area (Å²) in [6, 6.07) is 8.85. The van der Waals surface area contributed by atoms with Crippen LogP contribution in [0.1, 0.15) is 25.0 Å². The van der Waals surface area contributed by atoms with E-state index in [0.29, 0.717) is 11.9 Å². The van der Waals surface area contributed by atoms with Crippen molar-refractivity contribution in [3.8, 4) is 0 Å². The van der Waals surface area contributed by atoms with E-state index in [0.717, 1.165) is 24.5 Å². The minimum absolute atomic E-state index is 0.360. The predicted molar refractivity (Wildman–Crippen MR) is 81.8 cm³/mol. The van der Waals surface area contributed by atoms with Gasteiger partial charge >= 0.3 is 0 Å². The lowest BCUT2D eigenvalue weighted by Gasteiger charge is -2.28. The van der Waals surface area contributed by atoms with Gasteiger partial charge in [-0.2, -0.15) is 4.98 Å². The first kappa shape index (κ1) is 13.3. The highest BCUT2D eigenvalue weighted by atomic mass is 35.5. The SMILES string of the molecule is ClCc1coc(Nc2ccc(N3CCCCC3)cc2)n1. The number of piperidine rings is 1. The molecular formula is C15H18ClN3O. The highest BCUT2D eigenvalue weighted by Crippen LogP contribution is 2.23. The Labute approximate surface area is 123 Å². The number of hydrogen-bond acceptors (Lipinski definition) is 4. The fourth-order valence-electron chi connectivity index (χ4n) is 2.46. The first-order valence-electron chi connectivity index (χ1n) is 6.97. The minimum Gasteiger partial charge on any atom is -0.432 e. The summed E-state index contributed by atoms with van der Waals surface area (Å²) in [5.74, 6) is 0.360. The third-order valence-corrected chi connectivity index (χ3v) is 3.80. The molecule has 1 saturated heterocycles. The Kier molecular flexibility index (Phi) is 4.11. The normalized spacial score (nSPS) is 15.3. The van der Waals surface area contributed by atoms with Crippen LogP contribution in [0.15, 0.2) is 34.9 Å². The number of halogens is 1. The molecule has 0 amide bonds. The van der Waals surface area contributed by atoms with Crippen LogP contribution in [0.2, 0.25) is 0 Å². The van der Waals surface area contributed by atoms with Gasteiger partial charge < -0.3 is 14.6 Å². The van der Waals surface area contributed by atoms with Gasteiger partial charge in [0.2, 0.25) is 0 Å². The van der Waals surface area contributed by atoms with Gasteiger partial charge in [0, 0.05) is 24.5 Å². The number of aromatic nitrogens is 1. The molecule has 3 rings (SSSR count). The average molecular weight is 292 g/mol. The molecule has 4 nitrogen and oxygen atoms in total. The van der Waals surface area contributed by atoms with Crippen LogP contribution in [0.25, 0.3) is 0 Å². The van der Waals surface area contributed by atoms with E-state index >= 15 is 0 Å². The Balaban J connectivity index is 1.66. The van der Waals surface area contributed by atoms with E-state index in [2.05, 4.69) is 39.5 Å². The Bertz CT molecular complexity index is 547. The second kappa shape index (κ2) is 6.18. The van der Waals surface area contributed by atoms with Gasteiger partial charge in [-0.25, -0.2) is 0 Å². The highest BCUT2D eigenvalue weighted by Gasteiger charge is 2.10. The van der Waals surface area contributed by atoms with Gasteiger partial charge in [-0.15, -0.1) is 11.6 Å². The molecule has 20 heavy (non-hydrogen) atoms. The zero-order valence-corrected chi connectivity index (χ0v) is 12.1. The molecule has 0 saturated carbocycles. The van der Waals surface area contributed by atoms with E-state index in [4.69, 9.17) is 16.0 Å². The number of rotatable bonds is 4. The molecular weight excluding hydrogens is 274 g/mol. The van der Waals surface area contributed by atoms with Gasteiger partial charge in [0.25, 0.3) is 6.01 Å². The lowest BCUT2D eigenvalue weighted by Crippen LogP contribution is -2.29. The zero-order valence-electron chi connectivity index (χ0n) is 11.3. The van der Waals surface area contributed by atoms with Crippen LogP contribution in [0, 0.1) is 0 Å². The van der Waals surface area contributed by atoms with Crippen LogP contribution in [0.4, 0.5) is 17.4 Å². The Morgan fingerprint density at radius 1 is 1.15 bits per heavy atom. The summed E-state index contributed by atoms with van der Waals surface area (Å²) in [4.78, 5) is 6.65. The van der Waals surface area contributed by atoms with Crippen LogP contribution in [0.5, 0.6) is 0 Å². The van der Waals surface area contributed by atoms with E-state index in [1.807, 2.05) is 0 Å². The summed E-state index contributed by atoms with van der Waals surface area (Å²) in [6.07, 6.45) is 5.50. The van der Waals surface area contributed by atoms with Crippen molar-refractivity contribution in [2.24, 2.45) is 0 Å². The molecule has 0 atom stereocenters. The van der Waals surface area contributed by atoms with Crippen molar-refractivity contribution < 1.29 is 4.42 Å². The quantitative estimate of drug-likeness (QED) is 0.859. The Morgan fingerprint density at radius 3 is 2.55 bits per heavy atom. The van der Waals surface area contributed by atoms with E-state index in [1.165, 1.54) is 24.9 Å². The molecule has 0 bridgehead atoms. The molecule has 5 heteroatoms. The molecule has 1 N–H and O–H groups in total. The summed E-state index contributed by atoms with van der Waals surface area (Å²) in [7, 11) is 0. The molecule has 1 aliphatic rings. The molecule has 0 unspecified atom stereocenters. The van der Waals surface area contributed by atoms with E-state index in [1.54, 1.807) is 6.26 Å². The molecule has 1 fully saturated rings. The summed E-state index contributed by atoms with van der Waals surface area (Å²) in [5, 5.41) is 3.13. The van der Waals surface area contributed by atoms with Crippen molar-refractivity contribution in [3.63, 3.8) is 0 Å². The molecule has 2 aromatic rings. The lowest BCUT2D eigenvalue weighted by molar-refractivity contribution is 0.576. The summed E-state index contributed by atoms with van der Waals surface area (Å²) < 4.78 is 5.29. The third-order valence-electron chi connectivity index (χ3n) is 3.53. The fourth-order valence-corrected chi connectivity index (χ4v) is 2.58. The maximum atomic E-state index is 5.69. The summed E-state index contributed by atoms with van der Waals surface area (Å²) in [5.41, 5.74) is 2.98. The monoisotopic (exact) mass is 291 g/mol. The summed E-state index contributed by atoms with van der Waals surface area (Å²) in [6.45, 7) is 2.32. The van der Waals surface area contributed by atoms with Crippen LogP contribution >= 0.6 is 11.6 Å². The topological polar surface area (TPSA) is 41.3 Å². The van der Waals surface area contributed by atoms with Gasteiger partial charge in [0.1, 0.15) is 6.26 Å². The van der Waals surface area contributed by atoms with Crippen molar-refractivity contribution in [1.29, 1.82) is 0 Å². The number of benzene rings is 1. The maximum Gasteiger partial charge on any atom is 0.299 e. The number of nitrogens with one attached hydrogen (secondary N) is 1. The third kappa shape index (κ3) is 3.07. The second-order valence-electron chi connectivity index (χ2n) is 5.00. The summed E-state index contributed by atoms with van der Waals surface area (Å²) >= 11 is 5.69. The van der Waals surface area contributed by atoms with Crippen molar-refractivity contribution in [2.45, 2.75) is 25.1 Å². The van der Waals surface area contributed by atoms with Crippen molar-refractivity contribution in [1.82, 2.24) is 4.98 Å². The van der Waals surface area contributed by atoms with Gasteiger partial charge in [-0.05, 0) is 43.5 Å². The van der Waals surface area contributed by atoms with Gasteiger partial charge in [0.15, 0.2) is 0 Å². The number of oxazole rings is 1. The van der Waals surface area contributed by atoms with Crippen LogP contribution in [-0.2, 0) is 5.88 Å². The number of hydrogen-bond donors (Lipinski definition) is 1. The van der Waals surface area contributed by atoms with Crippen LogP contribution in [-0.4, -0.2) is 18.1 Å². The van der Waals surface area contributed by atoms with Crippen molar-refractivity contribution in [3.05, 3.63) is 36.2 Å². The van der Waals surface area contributed by atoms with Crippen LogP contribution in [0.3, 0.4) is 0 Å². The van der Waals surface area contributed by atoms with Crippen molar-refractivity contribution in [2.75, 3.05) is 23.3 Å². The van der Waals surface area contributed by atoms with E-state index in [9.17, 15) is 0 Å². The predicted octanol–water partition coefficient (Wildman–Crippen LogP) is 4.15. The molecule has 2 heterocycles. The molecule has 0 spiro atoms. The fraction of sp³-hybridized carbons (Fsp3) is 0.400. The molecule has 106 valence electrons. The van der Waals surface area contributed by atoms with E-state index in [-0.39, 0.29) is 0 Å². The Hall–Kier alpha value is -1.68. The number of anilines is 3. The van der Waals surface area contributed by atoms with Crippen molar-refractivity contribution >= 4 is 29.0 Å². The molecule has 1 aromatic carbocycles. The lowest BCUT2D eigenvalue weighted by atomic mass is 10.1. The molecule has 1 aromatic heterocycles.